The Kier molecular flexibility index (Phi) is 10.5. The number of carbonyl (C=O) groups excluding carboxylic acids is 1. The second-order valence-electron chi connectivity index (χ2n) is 12.6. The molecule has 2 heterocycles. The summed E-state index contributed by atoms with van der Waals surface area (Å²) >= 11 is 0. The molecule has 14 unspecified atom stereocenters. The minimum Gasteiger partial charge on any atom is -0.390 e. The van der Waals surface area contributed by atoms with E-state index < -0.39 is 96.3 Å². The lowest BCUT2D eigenvalue weighted by molar-refractivity contribution is -0.303. The number of ether oxygens (including phenoxy) is 3. The van der Waals surface area contributed by atoms with Gasteiger partial charge in [0.2, 0.25) is 0 Å². The van der Waals surface area contributed by atoms with Crippen molar-refractivity contribution in [2.45, 2.75) is 124 Å². The summed E-state index contributed by atoms with van der Waals surface area (Å²) in [5, 5.41) is 84.7. The topological polar surface area (TPSA) is 274 Å². The lowest BCUT2D eigenvalue weighted by Gasteiger charge is -2.52. The van der Waals surface area contributed by atoms with E-state index in [1.54, 1.807) is 7.05 Å². The van der Waals surface area contributed by atoms with Crippen LogP contribution in [-0.4, -0.2) is 159 Å². The molecule has 2 saturated heterocycles. The zero-order chi connectivity index (χ0) is 31.1. The molecule has 2 aliphatic carbocycles. The van der Waals surface area contributed by atoms with Gasteiger partial charge in [-0.2, -0.15) is 0 Å². The van der Waals surface area contributed by atoms with Gasteiger partial charge in [0.25, 0.3) is 5.91 Å². The van der Waals surface area contributed by atoms with Crippen LogP contribution in [-0.2, 0) is 19.0 Å². The van der Waals surface area contributed by atoms with E-state index in [4.69, 9.17) is 25.7 Å². The SMILES string of the molecule is CCNCC1OC(C2C(N)CC(NC(=O)C3(O)CC(N)C3)C(OC3OCC(C)(O)C(NC)C3O)C2O)C(O)C(O)C1O. The number of rotatable bonds is 9. The maximum atomic E-state index is 13.1. The molecule has 42 heavy (non-hydrogen) atoms. The van der Waals surface area contributed by atoms with Crippen LogP contribution < -0.4 is 27.4 Å². The molecular formula is C26H49N5O11. The van der Waals surface area contributed by atoms with Gasteiger partial charge in [-0.15, -0.1) is 0 Å². The van der Waals surface area contributed by atoms with Gasteiger partial charge in [-0.25, -0.2) is 0 Å². The highest BCUT2D eigenvalue weighted by Crippen LogP contribution is 2.38. The zero-order valence-electron chi connectivity index (χ0n) is 24.2. The van der Waals surface area contributed by atoms with Gasteiger partial charge in [-0.05, 0) is 26.9 Å². The molecular weight excluding hydrogens is 558 g/mol. The summed E-state index contributed by atoms with van der Waals surface area (Å²) in [6.45, 7) is 3.82. The highest BCUT2D eigenvalue weighted by atomic mass is 16.7. The van der Waals surface area contributed by atoms with E-state index in [1.165, 1.54) is 6.92 Å². The van der Waals surface area contributed by atoms with Gasteiger partial charge in [-0.3, -0.25) is 4.79 Å². The summed E-state index contributed by atoms with van der Waals surface area (Å²) in [7, 11) is 1.55. The summed E-state index contributed by atoms with van der Waals surface area (Å²) in [5.41, 5.74) is 9.15. The van der Waals surface area contributed by atoms with Crippen molar-refractivity contribution in [1.29, 1.82) is 0 Å². The van der Waals surface area contributed by atoms with Crippen LogP contribution in [0.5, 0.6) is 0 Å². The van der Waals surface area contributed by atoms with E-state index in [0.717, 1.165) is 0 Å². The maximum absolute atomic E-state index is 13.1. The molecule has 16 nitrogen and oxygen atoms in total. The predicted octanol–water partition coefficient (Wildman–Crippen LogP) is -6.07. The average molecular weight is 608 g/mol. The fourth-order valence-corrected chi connectivity index (χ4v) is 6.82. The maximum Gasteiger partial charge on any atom is 0.252 e. The first kappa shape index (κ1) is 33.8. The minimum absolute atomic E-state index is 0.0145. The number of hydrogen-bond donors (Lipinski definition) is 12. The first-order valence-electron chi connectivity index (χ1n) is 14.6. The Bertz CT molecular complexity index is 927. The molecule has 244 valence electrons. The fourth-order valence-electron chi connectivity index (χ4n) is 6.82. The third kappa shape index (κ3) is 6.48. The van der Waals surface area contributed by atoms with Crippen molar-refractivity contribution in [3.05, 3.63) is 0 Å². The van der Waals surface area contributed by atoms with Gasteiger partial charge in [0.05, 0.1) is 37.0 Å². The highest BCUT2D eigenvalue weighted by molar-refractivity contribution is 5.86. The molecule has 0 aromatic rings. The molecule has 0 radical (unpaired) electrons. The second kappa shape index (κ2) is 13.1. The summed E-state index contributed by atoms with van der Waals surface area (Å²) in [5.74, 6) is -1.78. The number of nitrogens with two attached hydrogens (primary N) is 2. The Balaban J connectivity index is 1.60. The summed E-state index contributed by atoms with van der Waals surface area (Å²) < 4.78 is 17.8. The molecule has 14 atom stereocenters. The third-order valence-corrected chi connectivity index (χ3v) is 9.24. The molecule has 4 fully saturated rings. The standard InChI is InChI=1S/C26H49N5O11/c1-4-30-8-13-15(32)17(34)18(35)21(41-13)14-11(28)5-12(31-24(37)26(39)6-10(27)7-26)20(16(14)33)42-23-19(36)22(29-3)25(2,38)9-40-23/h10-23,29-30,32-36,38-39H,4-9,27-28H2,1-3H3,(H,31,37). The van der Waals surface area contributed by atoms with Crippen molar-refractivity contribution in [2.75, 3.05) is 26.7 Å². The van der Waals surface area contributed by atoms with Crippen molar-refractivity contribution < 1.29 is 54.8 Å². The van der Waals surface area contributed by atoms with Crippen LogP contribution in [0, 0.1) is 5.92 Å². The number of carbonyl (C=O) groups is 1. The average Bonchev–Trinajstić information content (AvgIpc) is 2.90. The second-order valence-corrected chi connectivity index (χ2v) is 12.6. The van der Waals surface area contributed by atoms with Gasteiger partial charge in [-0.1, -0.05) is 6.92 Å². The Morgan fingerprint density at radius 3 is 2.29 bits per heavy atom. The van der Waals surface area contributed by atoms with Crippen LogP contribution in [0.4, 0.5) is 0 Å². The quantitative estimate of drug-likeness (QED) is 0.116. The number of likely N-dealkylation sites (N-methyl/N-ethyl adjacent to an activating group) is 2. The molecule has 0 aromatic carbocycles. The predicted molar refractivity (Wildman–Crippen MR) is 145 cm³/mol. The summed E-state index contributed by atoms with van der Waals surface area (Å²) in [6.07, 6.45) is -12.3. The molecule has 2 aliphatic heterocycles. The monoisotopic (exact) mass is 607 g/mol. The van der Waals surface area contributed by atoms with E-state index in [2.05, 4.69) is 16.0 Å². The highest BCUT2D eigenvalue weighted by Gasteiger charge is 2.57. The number of amides is 1. The molecule has 2 saturated carbocycles. The fraction of sp³-hybridized carbons (Fsp3) is 0.962. The molecule has 16 heteroatoms. The Labute approximate surface area is 244 Å². The first-order chi connectivity index (χ1) is 19.6. The third-order valence-electron chi connectivity index (χ3n) is 9.24. The molecule has 0 bridgehead atoms. The van der Waals surface area contributed by atoms with Crippen molar-refractivity contribution in [2.24, 2.45) is 17.4 Å². The minimum atomic E-state index is -1.70. The van der Waals surface area contributed by atoms with Gasteiger partial charge in [0, 0.05) is 37.4 Å². The first-order valence-corrected chi connectivity index (χ1v) is 14.6. The van der Waals surface area contributed by atoms with Crippen LogP contribution in [0.3, 0.4) is 0 Å². The molecule has 4 rings (SSSR count). The van der Waals surface area contributed by atoms with Crippen LogP contribution in [0.15, 0.2) is 0 Å². The van der Waals surface area contributed by atoms with Gasteiger partial charge in [0.15, 0.2) is 6.29 Å². The Hall–Kier alpha value is -1.09. The molecule has 0 aromatic heterocycles. The number of aliphatic hydroxyl groups is 7. The zero-order valence-corrected chi connectivity index (χ0v) is 24.2. The Morgan fingerprint density at radius 1 is 1.02 bits per heavy atom. The number of nitrogens with one attached hydrogen (secondary N) is 3. The van der Waals surface area contributed by atoms with Crippen molar-refractivity contribution in [3.63, 3.8) is 0 Å². The van der Waals surface area contributed by atoms with E-state index in [1.807, 2.05) is 6.92 Å². The largest absolute Gasteiger partial charge is 0.390 e. The smallest absolute Gasteiger partial charge is 0.252 e. The van der Waals surface area contributed by atoms with Gasteiger partial charge >= 0.3 is 0 Å². The van der Waals surface area contributed by atoms with E-state index >= 15 is 0 Å². The molecule has 14 N–H and O–H groups in total. The molecule has 0 spiro atoms. The summed E-state index contributed by atoms with van der Waals surface area (Å²) in [4.78, 5) is 13.1. The number of hydrogen-bond acceptors (Lipinski definition) is 15. The normalized spacial score (nSPS) is 51.5. The molecule has 4 aliphatic rings. The van der Waals surface area contributed by atoms with Gasteiger partial charge < -0.3 is 77.4 Å². The van der Waals surface area contributed by atoms with Crippen LogP contribution in [0.25, 0.3) is 0 Å². The lowest BCUT2D eigenvalue weighted by Crippen LogP contribution is -2.72. The van der Waals surface area contributed by atoms with Gasteiger partial charge in [0.1, 0.15) is 41.7 Å². The van der Waals surface area contributed by atoms with E-state index in [9.17, 15) is 40.5 Å². The number of aliphatic hydroxyl groups excluding tert-OH is 5. The lowest BCUT2D eigenvalue weighted by atomic mass is 9.71. The van der Waals surface area contributed by atoms with Crippen molar-refractivity contribution in [1.82, 2.24) is 16.0 Å². The van der Waals surface area contributed by atoms with E-state index in [0.29, 0.717) is 6.54 Å². The van der Waals surface area contributed by atoms with Crippen molar-refractivity contribution >= 4 is 5.91 Å². The summed E-state index contributed by atoms with van der Waals surface area (Å²) in [6, 6.07) is -3.10. The molecule has 1 amide bonds. The van der Waals surface area contributed by atoms with E-state index in [-0.39, 0.29) is 38.5 Å². The van der Waals surface area contributed by atoms with Crippen LogP contribution in [0.2, 0.25) is 0 Å². The van der Waals surface area contributed by atoms with Crippen LogP contribution in [0.1, 0.15) is 33.1 Å². The Morgan fingerprint density at radius 2 is 1.69 bits per heavy atom. The van der Waals surface area contributed by atoms with Crippen LogP contribution >= 0.6 is 0 Å². The van der Waals surface area contributed by atoms with Crippen molar-refractivity contribution in [3.8, 4) is 0 Å².